The molecule has 2 aliphatic carbocycles. The molecule has 2 amide bonds. The van der Waals surface area contributed by atoms with Crippen molar-refractivity contribution in [3.63, 3.8) is 0 Å². The van der Waals surface area contributed by atoms with Crippen molar-refractivity contribution in [1.29, 1.82) is 0 Å². The molecule has 2 heterocycles. The highest BCUT2D eigenvalue weighted by Crippen LogP contribution is 2.29. The summed E-state index contributed by atoms with van der Waals surface area (Å²) in [6.45, 7) is 14.8. The van der Waals surface area contributed by atoms with Crippen molar-refractivity contribution in [3.05, 3.63) is 143 Å². The third kappa shape index (κ3) is 17.8. The Labute approximate surface area is 457 Å². The lowest BCUT2D eigenvalue weighted by atomic mass is 9.86. The summed E-state index contributed by atoms with van der Waals surface area (Å²) in [4.78, 5) is 42.6. The standard InChI is InChI=1S/2C30H38FN5O3/c2*1-30(2,3)21-10-8-20(9-11-21)28(37)34-24-7-5-6-23(18-24)33-27-26(31)19-32-29(36-27)35-22-12-14-25(15-13-22)39-17-16-38-4/h2*8-15,19,23-24H,5-7,16-18H2,1-4H3,(H,34,37)(H2,32,33,35,36)/t2*23-,24-/m11/s1. The Bertz CT molecular complexity index is 2650. The second kappa shape index (κ2) is 27.7. The molecule has 4 atom stereocenters. The Morgan fingerprint density at radius 1 is 0.513 bits per heavy atom. The number of ether oxygens (including phenoxy) is 4. The highest BCUT2D eigenvalue weighted by atomic mass is 19.1. The summed E-state index contributed by atoms with van der Waals surface area (Å²) in [5.74, 6) is 1.08. The monoisotopic (exact) mass is 1070 g/mol. The summed E-state index contributed by atoms with van der Waals surface area (Å²) < 4.78 is 50.3. The summed E-state index contributed by atoms with van der Waals surface area (Å²) in [5.41, 5.74) is 5.23. The van der Waals surface area contributed by atoms with Gasteiger partial charge in [-0.25, -0.2) is 18.7 Å². The number of hydrogen-bond donors (Lipinski definition) is 6. The molecule has 0 saturated heterocycles. The first-order valence-corrected chi connectivity index (χ1v) is 26.8. The summed E-state index contributed by atoms with van der Waals surface area (Å²) >= 11 is 0. The third-order valence-corrected chi connectivity index (χ3v) is 13.5. The topological polar surface area (TPSA) is 195 Å². The molecular weight excluding hydrogens is 995 g/mol. The van der Waals surface area contributed by atoms with E-state index in [1.807, 2.05) is 97.1 Å². The van der Waals surface area contributed by atoms with Gasteiger partial charge in [-0.1, -0.05) is 65.8 Å². The van der Waals surface area contributed by atoms with E-state index in [1.54, 1.807) is 14.2 Å². The molecule has 2 aliphatic rings. The molecule has 4 aromatic carbocycles. The second-order valence-electron chi connectivity index (χ2n) is 21.8. The Kier molecular flexibility index (Phi) is 20.7. The predicted octanol–water partition coefficient (Wildman–Crippen LogP) is 11.7. The van der Waals surface area contributed by atoms with Crippen LogP contribution in [0.4, 0.5) is 43.7 Å². The quantitative estimate of drug-likeness (QED) is 0.0395. The van der Waals surface area contributed by atoms with Crippen molar-refractivity contribution in [2.75, 3.05) is 61.9 Å². The molecule has 8 rings (SSSR count). The molecule has 16 nitrogen and oxygen atoms in total. The van der Waals surface area contributed by atoms with Gasteiger partial charge in [0.15, 0.2) is 23.3 Å². The maximum atomic E-state index is 14.6. The summed E-state index contributed by atoms with van der Waals surface area (Å²) in [5, 5.41) is 19.0. The molecule has 2 saturated carbocycles. The van der Waals surface area contributed by atoms with Crippen LogP contribution in [-0.4, -0.2) is 96.6 Å². The molecule has 6 N–H and O–H groups in total. The minimum atomic E-state index is -0.521. The lowest BCUT2D eigenvalue weighted by Gasteiger charge is -2.31. The number of halogens is 2. The number of methoxy groups -OCH3 is 2. The highest BCUT2D eigenvalue weighted by Gasteiger charge is 2.27. The van der Waals surface area contributed by atoms with Gasteiger partial charge in [0.1, 0.15) is 24.7 Å². The van der Waals surface area contributed by atoms with E-state index in [0.29, 0.717) is 50.4 Å². The summed E-state index contributed by atoms with van der Waals surface area (Å²) in [6, 6.07) is 30.2. The molecule has 2 fully saturated rings. The molecule has 0 bridgehead atoms. The normalized spacial score (nSPS) is 17.4. The van der Waals surface area contributed by atoms with Gasteiger partial charge in [0, 0.05) is 60.9 Å². The maximum Gasteiger partial charge on any atom is 0.251 e. The zero-order chi connectivity index (χ0) is 55.7. The number of rotatable bonds is 20. The third-order valence-electron chi connectivity index (χ3n) is 13.5. The fourth-order valence-electron chi connectivity index (χ4n) is 9.14. The molecule has 416 valence electrons. The van der Waals surface area contributed by atoms with E-state index < -0.39 is 11.6 Å². The number of benzene rings is 4. The lowest BCUT2D eigenvalue weighted by Crippen LogP contribution is -2.42. The van der Waals surface area contributed by atoms with E-state index >= 15 is 0 Å². The summed E-state index contributed by atoms with van der Waals surface area (Å²) in [7, 11) is 3.25. The van der Waals surface area contributed by atoms with Crippen LogP contribution in [0.1, 0.15) is 125 Å². The fourth-order valence-corrected chi connectivity index (χ4v) is 9.14. The molecule has 0 radical (unpaired) electrons. The van der Waals surface area contributed by atoms with E-state index in [1.165, 1.54) is 11.1 Å². The van der Waals surface area contributed by atoms with Gasteiger partial charge in [-0.05, 0) is 146 Å². The molecule has 2 aromatic heterocycles. The van der Waals surface area contributed by atoms with Crippen LogP contribution in [0, 0.1) is 11.6 Å². The van der Waals surface area contributed by atoms with E-state index in [4.69, 9.17) is 18.9 Å². The van der Waals surface area contributed by atoms with Crippen LogP contribution in [0.2, 0.25) is 0 Å². The SMILES string of the molecule is COCCOc1ccc(Nc2ncc(F)c(N[C@@H]3CCC[C@@H](NC(=O)c4ccc(C(C)(C)C)cc4)C3)n2)cc1.COCCOc1ccc(Nc2ncc(F)c(N[C@@H]3CCC[C@@H](NC(=O)c4ccc(C(C)(C)C)cc4)C3)n2)cc1. The average molecular weight is 1070 g/mol. The van der Waals surface area contributed by atoms with E-state index in [-0.39, 0.29) is 70.3 Å². The van der Waals surface area contributed by atoms with Crippen molar-refractivity contribution in [1.82, 2.24) is 30.6 Å². The van der Waals surface area contributed by atoms with E-state index in [0.717, 1.165) is 73.8 Å². The number of carbonyl (C=O) groups excluding carboxylic acids is 2. The first-order chi connectivity index (χ1) is 37.4. The molecule has 0 aliphatic heterocycles. The van der Waals surface area contributed by atoms with Crippen LogP contribution >= 0.6 is 0 Å². The Balaban J connectivity index is 0.000000226. The molecule has 0 unspecified atom stereocenters. The van der Waals surface area contributed by atoms with Gasteiger partial charge in [-0.3, -0.25) is 9.59 Å². The minimum Gasteiger partial charge on any atom is -0.491 e. The second-order valence-corrected chi connectivity index (χ2v) is 21.8. The maximum absolute atomic E-state index is 14.6. The summed E-state index contributed by atoms with van der Waals surface area (Å²) in [6.07, 6.45) is 9.01. The van der Waals surface area contributed by atoms with Crippen molar-refractivity contribution < 1.29 is 37.3 Å². The molecule has 78 heavy (non-hydrogen) atoms. The number of anilines is 6. The number of carbonyl (C=O) groups is 2. The van der Waals surface area contributed by atoms with E-state index in [9.17, 15) is 18.4 Å². The number of nitrogens with zero attached hydrogens (tertiary/aromatic N) is 4. The number of amides is 2. The largest absolute Gasteiger partial charge is 0.491 e. The van der Waals surface area contributed by atoms with Crippen molar-refractivity contribution in [3.8, 4) is 11.5 Å². The molecule has 18 heteroatoms. The van der Waals surface area contributed by atoms with Crippen molar-refractivity contribution >= 4 is 46.7 Å². The van der Waals surface area contributed by atoms with Crippen molar-refractivity contribution in [2.24, 2.45) is 0 Å². The van der Waals surface area contributed by atoms with Gasteiger partial charge in [0.05, 0.1) is 25.6 Å². The number of nitrogens with one attached hydrogen (secondary N) is 6. The van der Waals surface area contributed by atoms with Gasteiger partial charge < -0.3 is 50.8 Å². The average Bonchev–Trinajstić information content (AvgIpc) is 3.43. The molecule has 6 aromatic rings. The van der Waals surface area contributed by atoms with E-state index in [2.05, 4.69) is 93.4 Å². The minimum absolute atomic E-state index is 0.00170. The number of hydrogen-bond acceptors (Lipinski definition) is 14. The Morgan fingerprint density at radius 3 is 1.22 bits per heavy atom. The highest BCUT2D eigenvalue weighted by molar-refractivity contribution is 5.95. The van der Waals surface area contributed by atoms with Crippen LogP contribution in [0.5, 0.6) is 11.5 Å². The Hall–Kier alpha value is -7.44. The first kappa shape index (κ1) is 58.2. The lowest BCUT2D eigenvalue weighted by molar-refractivity contribution is 0.0917. The van der Waals surface area contributed by atoms with Gasteiger partial charge in [0.2, 0.25) is 11.9 Å². The van der Waals surface area contributed by atoms with Gasteiger partial charge in [-0.15, -0.1) is 0 Å². The predicted molar refractivity (Wildman–Crippen MR) is 303 cm³/mol. The zero-order valence-corrected chi connectivity index (χ0v) is 46.2. The van der Waals surface area contributed by atoms with Crippen LogP contribution in [0.25, 0.3) is 0 Å². The van der Waals surface area contributed by atoms with Crippen LogP contribution in [-0.2, 0) is 20.3 Å². The number of aromatic nitrogens is 4. The Morgan fingerprint density at radius 2 is 0.872 bits per heavy atom. The van der Waals surface area contributed by atoms with Gasteiger partial charge >= 0.3 is 0 Å². The first-order valence-electron chi connectivity index (χ1n) is 26.8. The molecular formula is C60H76F2N10O6. The fraction of sp³-hybridized carbons (Fsp3) is 0.433. The molecule has 0 spiro atoms. The smallest absolute Gasteiger partial charge is 0.251 e. The van der Waals surface area contributed by atoms with Gasteiger partial charge in [-0.2, -0.15) is 9.97 Å². The van der Waals surface area contributed by atoms with Crippen molar-refractivity contribution in [2.45, 2.75) is 128 Å². The van der Waals surface area contributed by atoms with Crippen LogP contribution in [0.3, 0.4) is 0 Å². The van der Waals surface area contributed by atoms with Crippen LogP contribution < -0.4 is 41.4 Å². The van der Waals surface area contributed by atoms with Crippen LogP contribution in [0.15, 0.2) is 109 Å². The van der Waals surface area contributed by atoms with Gasteiger partial charge in [0.25, 0.3) is 11.8 Å². The zero-order valence-electron chi connectivity index (χ0n) is 46.2.